The lowest BCUT2D eigenvalue weighted by molar-refractivity contribution is 0.0347. The second kappa shape index (κ2) is 7.55. The van der Waals surface area contributed by atoms with Crippen LogP contribution in [-0.2, 0) is 11.3 Å². The molecule has 1 rings (SSSR count). The molecule has 0 bridgehead atoms. The lowest BCUT2D eigenvalue weighted by atomic mass is 9.82. The van der Waals surface area contributed by atoms with Gasteiger partial charge in [0.25, 0.3) is 0 Å². The van der Waals surface area contributed by atoms with Gasteiger partial charge >= 0.3 is 0 Å². The summed E-state index contributed by atoms with van der Waals surface area (Å²) in [4.78, 5) is 0. The van der Waals surface area contributed by atoms with Gasteiger partial charge in [-0.3, -0.25) is 0 Å². The molecule has 0 unspecified atom stereocenters. The van der Waals surface area contributed by atoms with E-state index in [1.807, 2.05) is 18.2 Å². The lowest BCUT2D eigenvalue weighted by Gasteiger charge is -2.34. The van der Waals surface area contributed by atoms with Gasteiger partial charge in [0.1, 0.15) is 0 Å². The van der Waals surface area contributed by atoms with Gasteiger partial charge in [-0.1, -0.05) is 76.0 Å². The summed E-state index contributed by atoms with van der Waals surface area (Å²) < 4.78 is 5.87. The van der Waals surface area contributed by atoms with Crippen molar-refractivity contribution in [2.24, 2.45) is 11.3 Å². The summed E-state index contributed by atoms with van der Waals surface area (Å²) in [5.74, 6) is 0.581. The molecule has 1 nitrogen and oxygen atoms in total. The number of alkyl halides is 2. The van der Waals surface area contributed by atoms with Gasteiger partial charge in [0, 0.05) is 16.1 Å². The average molecular weight is 364 g/mol. The zero-order chi connectivity index (χ0) is 12.7. The van der Waals surface area contributed by atoms with Gasteiger partial charge in [-0.15, -0.1) is 0 Å². The molecule has 0 radical (unpaired) electrons. The van der Waals surface area contributed by atoms with Crippen LogP contribution in [0.2, 0.25) is 0 Å². The van der Waals surface area contributed by atoms with Crippen molar-refractivity contribution in [3.05, 3.63) is 35.9 Å². The first kappa shape index (κ1) is 15.2. The second-order valence-electron chi connectivity index (χ2n) is 4.76. The predicted octanol–water partition coefficient (Wildman–Crippen LogP) is 4.64. The number of halogens is 2. The Balaban J connectivity index is 2.48. The van der Waals surface area contributed by atoms with Crippen LogP contribution in [0.5, 0.6) is 0 Å². The molecule has 1 aromatic rings. The van der Waals surface area contributed by atoms with Crippen LogP contribution in [0.1, 0.15) is 19.4 Å². The first-order chi connectivity index (χ1) is 8.14. The smallest absolute Gasteiger partial charge is 0.0717 e. The van der Waals surface area contributed by atoms with Crippen molar-refractivity contribution in [3.8, 4) is 0 Å². The highest BCUT2D eigenvalue weighted by atomic mass is 79.9. The van der Waals surface area contributed by atoms with Gasteiger partial charge < -0.3 is 4.74 Å². The summed E-state index contributed by atoms with van der Waals surface area (Å²) in [6.45, 7) is 5.95. The van der Waals surface area contributed by atoms with E-state index in [4.69, 9.17) is 4.74 Å². The fourth-order valence-electron chi connectivity index (χ4n) is 1.53. The molecule has 0 amide bonds. The van der Waals surface area contributed by atoms with Crippen LogP contribution in [0, 0.1) is 11.3 Å². The molecule has 0 saturated carbocycles. The van der Waals surface area contributed by atoms with E-state index in [9.17, 15) is 0 Å². The van der Waals surface area contributed by atoms with Crippen LogP contribution in [0.3, 0.4) is 0 Å². The number of ether oxygens (including phenoxy) is 1. The molecule has 0 spiro atoms. The SMILES string of the molecule is CC(C)C(CBr)(CBr)COCc1ccccc1. The fourth-order valence-corrected chi connectivity index (χ4v) is 4.08. The van der Waals surface area contributed by atoms with Crippen molar-refractivity contribution < 1.29 is 4.74 Å². The highest BCUT2D eigenvalue weighted by Gasteiger charge is 2.31. The largest absolute Gasteiger partial charge is 0.376 e. The second-order valence-corrected chi connectivity index (χ2v) is 5.88. The third-order valence-electron chi connectivity index (χ3n) is 3.26. The fraction of sp³-hybridized carbons (Fsp3) is 0.571. The molecule has 0 aliphatic heterocycles. The van der Waals surface area contributed by atoms with Crippen LogP contribution < -0.4 is 0 Å². The number of benzene rings is 1. The first-order valence-electron chi connectivity index (χ1n) is 5.88. The molecular formula is C14H20Br2O. The van der Waals surface area contributed by atoms with Crippen LogP contribution in [0.25, 0.3) is 0 Å². The molecule has 0 atom stereocenters. The van der Waals surface area contributed by atoms with Gasteiger partial charge in [0.2, 0.25) is 0 Å². The minimum absolute atomic E-state index is 0.175. The van der Waals surface area contributed by atoms with E-state index >= 15 is 0 Å². The summed E-state index contributed by atoms with van der Waals surface area (Å²) in [5.41, 5.74) is 1.41. The highest BCUT2D eigenvalue weighted by molar-refractivity contribution is 9.09. The van der Waals surface area contributed by atoms with Gasteiger partial charge in [0.15, 0.2) is 0 Å². The van der Waals surface area contributed by atoms with Gasteiger partial charge in [0.05, 0.1) is 13.2 Å². The zero-order valence-electron chi connectivity index (χ0n) is 10.5. The topological polar surface area (TPSA) is 9.23 Å². The Morgan fingerprint density at radius 2 is 1.71 bits per heavy atom. The summed E-state index contributed by atoms with van der Waals surface area (Å²) in [5, 5.41) is 1.91. The molecule has 96 valence electrons. The molecule has 0 saturated heterocycles. The van der Waals surface area contributed by atoms with E-state index in [1.54, 1.807) is 0 Å². The molecule has 17 heavy (non-hydrogen) atoms. The molecule has 0 fully saturated rings. The Kier molecular flexibility index (Phi) is 6.75. The Bertz CT molecular complexity index is 307. The van der Waals surface area contributed by atoms with Crippen molar-refractivity contribution >= 4 is 31.9 Å². The summed E-state index contributed by atoms with van der Waals surface area (Å²) in [6, 6.07) is 10.3. The summed E-state index contributed by atoms with van der Waals surface area (Å²) >= 11 is 7.22. The number of hydrogen-bond donors (Lipinski definition) is 0. The van der Waals surface area contributed by atoms with Crippen LogP contribution in [0.15, 0.2) is 30.3 Å². The molecule has 0 N–H and O–H groups in total. The van der Waals surface area contributed by atoms with Crippen LogP contribution >= 0.6 is 31.9 Å². The maximum absolute atomic E-state index is 5.87. The lowest BCUT2D eigenvalue weighted by Crippen LogP contribution is -2.36. The normalized spacial score (nSPS) is 12.1. The van der Waals surface area contributed by atoms with E-state index in [2.05, 4.69) is 57.8 Å². The Labute approximate surface area is 121 Å². The predicted molar refractivity (Wildman–Crippen MR) is 81.0 cm³/mol. The van der Waals surface area contributed by atoms with E-state index in [-0.39, 0.29) is 5.41 Å². The molecule has 3 heteroatoms. The van der Waals surface area contributed by atoms with Crippen molar-refractivity contribution in [2.75, 3.05) is 17.3 Å². The van der Waals surface area contributed by atoms with Crippen molar-refractivity contribution in [3.63, 3.8) is 0 Å². The molecule has 0 aliphatic carbocycles. The van der Waals surface area contributed by atoms with Gasteiger partial charge in [-0.2, -0.15) is 0 Å². The number of hydrogen-bond acceptors (Lipinski definition) is 1. The maximum Gasteiger partial charge on any atom is 0.0717 e. The van der Waals surface area contributed by atoms with Crippen molar-refractivity contribution in [1.29, 1.82) is 0 Å². The molecule has 0 aromatic heterocycles. The van der Waals surface area contributed by atoms with E-state index in [0.717, 1.165) is 17.3 Å². The summed E-state index contributed by atoms with van der Waals surface area (Å²) in [7, 11) is 0. The third kappa shape index (κ3) is 4.38. The molecule has 1 aromatic carbocycles. The van der Waals surface area contributed by atoms with Gasteiger partial charge in [-0.25, -0.2) is 0 Å². The zero-order valence-corrected chi connectivity index (χ0v) is 13.6. The van der Waals surface area contributed by atoms with E-state index in [1.165, 1.54) is 5.56 Å². The van der Waals surface area contributed by atoms with Crippen molar-refractivity contribution in [2.45, 2.75) is 20.5 Å². The van der Waals surface area contributed by atoms with Crippen LogP contribution in [0.4, 0.5) is 0 Å². The van der Waals surface area contributed by atoms with Gasteiger partial charge in [-0.05, 0) is 11.5 Å². The summed E-state index contributed by atoms with van der Waals surface area (Å²) in [6.07, 6.45) is 0. The van der Waals surface area contributed by atoms with Crippen LogP contribution in [-0.4, -0.2) is 17.3 Å². The monoisotopic (exact) mass is 362 g/mol. The molecule has 0 aliphatic rings. The third-order valence-corrected chi connectivity index (χ3v) is 5.49. The van der Waals surface area contributed by atoms with E-state index < -0.39 is 0 Å². The minimum atomic E-state index is 0.175. The Hall–Kier alpha value is 0.140. The quantitative estimate of drug-likeness (QED) is 0.641. The number of rotatable bonds is 7. The highest BCUT2D eigenvalue weighted by Crippen LogP contribution is 2.32. The first-order valence-corrected chi connectivity index (χ1v) is 8.12. The maximum atomic E-state index is 5.87. The molecular weight excluding hydrogens is 344 g/mol. The standard InChI is InChI=1S/C14H20Br2O/c1-12(2)14(9-15,10-16)11-17-8-13-6-4-3-5-7-13/h3-7,12H,8-11H2,1-2H3. The minimum Gasteiger partial charge on any atom is -0.376 e. The Morgan fingerprint density at radius 3 is 2.18 bits per heavy atom. The molecule has 0 heterocycles. The average Bonchev–Trinajstić information content (AvgIpc) is 2.36. The Morgan fingerprint density at radius 1 is 1.12 bits per heavy atom. The van der Waals surface area contributed by atoms with E-state index in [0.29, 0.717) is 12.5 Å². The van der Waals surface area contributed by atoms with Crippen molar-refractivity contribution in [1.82, 2.24) is 0 Å².